The van der Waals surface area contributed by atoms with Crippen LogP contribution in [-0.2, 0) is 14.3 Å². The number of esters is 1. The predicted molar refractivity (Wildman–Crippen MR) is 57.7 cm³/mol. The van der Waals surface area contributed by atoms with Crippen LogP contribution in [0.4, 0.5) is 0 Å². The van der Waals surface area contributed by atoms with Crippen LogP contribution in [0.3, 0.4) is 0 Å². The molecular weight excluding hydrogens is 194 g/mol. The molecule has 1 saturated heterocycles. The van der Waals surface area contributed by atoms with E-state index in [0.717, 1.165) is 13.1 Å². The van der Waals surface area contributed by atoms with Gasteiger partial charge in [-0.3, -0.25) is 9.69 Å². The van der Waals surface area contributed by atoms with E-state index in [1.54, 1.807) is 0 Å². The third-order valence-electron chi connectivity index (χ3n) is 2.76. The molecule has 0 amide bonds. The average molecular weight is 215 g/mol. The zero-order valence-corrected chi connectivity index (χ0v) is 10.0. The Kier molecular flexibility index (Phi) is 4.54. The van der Waals surface area contributed by atoms with Crippen molar-refractivity contribution in [3.8, 4) is 0 Å². The van der Waals surface area contributed by atoms with E-state index >= 15 is 0 Å². The predicted octanol–water partition coefficient (Wildman–Crippen LogP) is 1.05. The van der Waals surface area contributed by atoms with E-state index in [1.807, 2.05) is 0 Å². The molecule has 1 aliphatic rings. The molecule has 1 heterocycles. The number of hydrogen-bond donors (Lipinski definition) is 0. The van der Waals surface area contributed by atoms with Crippen LogP contribution in [0.15, 0.2) is 0 Å². The highest BCUT2D eigenvalue weighted by Gasteiger charge is 2.26. The number of morpholine rings is 1. The molecule has 3 atom stereocenters. The summed E-state index contributed by atoms with van der Waals surface area (Å²) in [5.41, 5.74) is 0. The second-order valence-electron chi connectivity index (χ2n) is 4.34. The van der Waals surface area contributed by atoms with Crippen molar-refractivity contribution in [1.82, 2.24) is 4.90 Å². The molecule has 15 heavy (non-hydrogen) atoms. The van der Waals surface area contributed by atoms with Crippen LogP contribution in [0.5, 0.6) is 0 Å². The summed E-state index contributed by atoms with van der Waals surface area (Å²) < 4.78 is 10.3. The first-order valence-corrected chi connectivity index (χ1v) is 5.49. The van der Waals surface area contributed by atoms with Gasteiger partial charge in [0.15, 0.2) is 0 Å². The highest BCUT2D eigenvalue weighted by atomic mass is 16.5. The first-order valence-electron chi connectivity index (χ1n) is 5.49. The molecule has 1 rings (SSSR count). The van der Waals surface area contributed by atoms with Gasteiger partial charge < -0.3 is 9.47 Å². The Morgan fingerprint density at radius 3 is 2.47 bits per heavy atom. The van der Waals surface area contributed by atoms with Gasteiger partial charge >= 0.3 is 5.97 Å². The number of ether oxygens (including phenoxy) is 2. The van der Waals surface area contributed by atoms with Gasteiger partial charge in [-0.25, -0.2) is 0 Å². The van der Waals surface area contributed by atoms with Crippen molar-refractivity contribution in [2.45, 2.75) is 45.4 Å². The molecular formula is C11H21NO3. The lowest BCUT2D eigenvalue weighted by molar-refractivity contribution is -0.143. The number of carbonyl (C=O) groups excluding carboxylic acids is 1. The highest BCUT2D eigenvalue weighted by molar-refractivity contribution is 5.69. The fourth-order valence-electron chi connectivity index (χ4n) is 2.03. The molecule has 4 nitrogen and oxygen atoms in total. The topological polar surface area (TPSA) is 38.8 Å². The van der Waals surface area contributed by atoms with Gasteiger partial charge in [0.05, 0.1) is 25.7 Å². The Morgan fingerprint density at radius 2 is 2.00 bits per heavy atom. The van der Waals surface area contributed by atoms with Crippen molar-refractivity contribution >= 4 is 5.97 Å². The Balaban J connectivity index is 2.44. The van der Waals surface area contributed by atoms with Crippen LogP contribution >= 0.6 is 0 Å². The van der Waals surface area contributed by atoms with Gasteiger partial charge in [-0.05, 0) is 20.8 Å². The lowest BCUT2D eigenvalue weighted by Crippen LogP contribution is -2.49. The average Bonchev–Trinajstić information content (AvgIpc) is 2.16. The first-order chi connectivity index (χ1) is 7.02. The third kappa shape index (κ3) is 3.80. The molecule has 0 saturated carbocycles. The van der Waals surface area contributed by atoms with Gasteiger partial charge in [0, 0.05) is 19.1 Å². The van der Waals surface area contributed by atoms with Crippen molar-refractivity contribution < 1.29 is 14.3 Å². The summed E-state index contributed by atoms with van der Waals surface area (Å²) in [7, 11) is 1.43. The Hall–Kier alpha value is -0.610. The minimum absolute atomic E-state index is 0.144. The molecule has 0 aliphatic carbocycles. The van der Waals surface area contributed by atoms with Crippen molar-refractivity contribution in [1.29, 1.82) is 0 Å². The van der Waals surface area contributed by atoms with E-state index in [0.29, 0.717) is 6.42 Å². The standard InChI is InChI=1S/C11H21NO3/c1-8(5-11(13)14-4)12-6-9(2)15-10(3)7-12/h8-10H,5-7H2,1-4H3. The monoisotopic (exact) mass is 215 g/mol. The Bertz CT molecular complexity index is 210. The SMILES string of the molecule is COC(=O)CC(C)N1CC(C)OC(C)C1. The molecule has 0 radical (unpaired) electrons. The third-order valence-corrected chi connectivity index (χ3v) is 2.76. The number of rotatable bonds is 3. The van der Waals surface area contributed by atoms with Gasteiger partial charge in [0.1, 0.15) is 0 Å². The summed E-state index contributed by atoms with van der Waals surface area (Å²) in [5, 5.41) is 0. The van der Waals surface area contributed by atoms with Crippen LogP contribution in [0.2, 0.25) is 0 Å². The summed E-state index contributed by atoms with van der Waals surface area (Å²) in [6, 6.07) is 0.228. The Morgan fingerprint density at radius 1 is 1.47 bits per heavy atom. The maximum Gasteiger partial charge on any atom is 0.307 e. The summed E-state index contributed by atoms with van der Waals surface area (Å²) in [6.07, 6.45) is 0.943. The zero-order valence-electron chi connectivity index (χ0n) is 10.0. The minimum atomic E-state index is -0.144. The molecule has 0 aromatic carbocycles. The molecule has 0 bridgehead atoms. The maximum absolute atomic E-state index is 11.1. The second kappa shape index (κ2) is 5.47. The van der Waals surface area contributed by atoms with Crippen LogP contribution in [-0.4, -0.2) is 49.3 Å². The molecule has 1 aliphatic heterocycles. The molecule has 0 spiro atoms. The molecule has 1 fully saturated rings. The summed E-state index contributed by atoms with van der Waals surface area (Å²) in [5.74, 6) is -0.144. The van der Waals surface area contributed by atoms with E-state index in [1.165, 1.54) is 7.11 Å². The summed E-state index contributed by atoms with van der Waals surface area (Å²) in [4.78, 5) is 13.4. The largest absolute Gasteiger partial charge is 0.469 e. The normalized spacial score (nSPS) is 29.9. The van der Waals surface area contributed by atoms with E-state index in [2.05, 4.69) is 30.4 Å². The second-order valence-corrected chi connectivity index (χ2v) is 4.34. The highest BCUT2D eigenvalue weighted by Crippen LogP contribution is 2.15. The lowest BCUT2D eigenvalue weighted by atomic mass is 10.1. The number of nitrogens with zero attached hydrogens (tertiary/aromatic N) is 1. The first kappa shape index (κ1) is 12.5. The van der Waals surface area contributed by atoms with Crippen molar-refractivity contribution in [2.75, 3.05) is 20.2 Å². The van der Waals surface area contributed by atoms with E-state index in [9.17, 15) is 4.79 Å². The summed E-state index contributed by atoms with van der Waals surface area (Å²) >= 11 is 0. The van der Waals surface area contributed by atoms with Gasteiger partial charge in [-0.15, -0.1) is 0 Å². The van der Waals surface area contributed by atoms with Crippen molar-refractivity contribution in [3.05, 3.63) is 0 Å². The van der Waals surface area contributed by atoms with E-state index < -0.39 is 0 Å². The van der Waals surface area contributed by atoms with Crippen LogP contribution in [0.25, 0.3) is 0 Å². The molecule has 0 aromatic rings. The fraction of sp³-hybridized carbons (Fsp3) is 0.909. The van der Waals surface area contributed by atoms with Gasteiger partial charge in [-0.2, -0.15) is 0 Å². The molecule has 0 N–H and O–H groups in total. The van der Waals surface area contributed by atoms with Gasteiger partial charge in [0.2, 0.25) is 0 Å². The molecule has 3 unspecified atom stereocenters. The van der Waals surface area contributed by atoms with Gasteiger partial charge in [0.25, 0.3) is 0 Å². The van der Waals surface area contributed by atoms with Crippen LogP contribution < -0.4 is 0 Å². The van der Waals surface area contributed by atoms with Crippen LogP contribution in [0.1, 0.15) is 27.2 Å². The smallest absolute Gasteiger partial charge is 0.307 e. The number of hydrogen-bond acceptors (Lipinski definition) is 4. The quantitative estimate of drug-likeness (QED) is 0.660. The lowest BCUT2D eigenvalue weighted by Gasteiger charge is -2.38. The maximum atomic E-state index is 11.1. The van der Waals surface area contributed by atoms with E-state index in [-0.39, 0.29) is 24.2 Å². The number of carbonyl (C=O) groups is 1. The van der Waals surface area contributed by atoms with E-state index in [4.69, 9.17) is 4.74 Å². The zero-order chi connectivity index (χ0) is 11.4. The Labute approximate surface area is 91.5 Å². The minimum Gasteiger partial charge on any atom is -0.469 e. The number of methoxy groups -OCH3 is 1. The molecule has 0 aromatic heterocycles. The molecule has 4 heteroatoms. The van der Waals surface area contributed by atoms with Crippen molar-refractivity contribution in [2.24, 2.45) is 0 Å². The van der Waals surface area contributed by atoms with Gasteiger partial charge in [-0.1, -0.05) is 0 Å². The summed E-state index contributed by atoms with van der Waals surface area (Å²) in [6.45, 7) is 7.97. The fourth-order valence-corrected chi connectivity index (χ4v) is 2.03. The van der Waals surface area contributed by atoms with Crippen LogP contribution in [0, 0.1) is 0 Å². The van der Waals surface area contributed by atoms with Crippen molar-refractivity contribution in [3.63, 3.8) is 0 Å². The molecule has 88 valence electrons.